The summed E-state index contributed by atoms with van der Waals surface area (Å²) in [6, 6.07) is 7.50. The van der Waals surface area contributed by atoms with E-state index in [4.69, 9.17) is 9.47 Å². The summed E-state index contributed by atoms with van der Waals surface area (Å²) in [7, 11) is 0. The summed E-state index contributed by atoms with van der Waals surface area (Å²) >= 11 is 0. The summed E-state index contributed by atoms with van der Waals surface area (Å²) in [4.78, 5) is 12.0. The molecule has 2 atom stereocenters. The van der Waals surface area contributed by atoms with Crippen molar-refractivity contribution in [3.05, 3.63) is 29.8 Å². The van der Waals surface area contributed by atoms with Gasteiger partial charge in [-0.25, -0.2) is 0 Å². The van der Waals surface area contributed by atoms with E-state index in [1.165, 1.54) is 0 Å². The van der Waals surface area contributed by atoms with E-state index in [0.717, 1.165) is 38.0 Å². The Hall–Kier alpha value is -1.55. The van der Waals surface area contributed by atoms with Gasteiger partial charge in [-0.15, -0.1) is 0 Å². The molecular formula is C17H25NO3. The van der Waals surface area contributed by atoms with E-state index >= 15 is 0 Å². The van der Waals surface area contributed by atoms with E-state index in [1.807, 2.05) is 19.1 Å². The van der Waals surface area contributed by atoms with E-state index in [0.29, 0.717) is 12.2 Å². The first-order valence-corrected chi connectivity index (χ1v) is 7.84. The van der Waals surface area contributed by atoms with Crippen molar-refractivity contribution in [3.63, 3.8) is 0 Å². The van der Waals surface area contributed by atoms with E-state index in [2.05, 4.69) is 12.2 Å². The van der Waals surface area contributed by atoms with Crippen molar-refractivity contribution in [2.45, 2.75) is 51.7 Å². The van der Waals surface area contributed by atoms with Gasteiger partial charge in [-0.05, 0) is 50.5 Å². The molecule has 1 saturated heterocycles. The van der Waals surface area contributed by atoms with Gasteiger partial charge in [-0.2, -0.15) is 0 Å². The van der Waals surface area contributed by atoms with Crippen molar-refractivity contribution in [1.82, 2.24) is 5.32 Å². The van der Waals surface area contributed by atoms with Crippen LogP contribution in [0.1, 0.15) is 49.9 Å². The summed E-state index contributed by atoms with van der Waals surface area (Å²) in [5.74, 6) is 0.755. The molecule has 0 saturated carbocycles. The molecule has 0 unspecified atom stereocenters. The third-order valence-electron chi connectivity index (χ3n) is 3.68. The Bertz CT molecular complexity index is 438. The maximum atomic E-state index is 12.0. The number of carbonyl (C=O) groups is 1. The Labute approximate surface area is 126 Å². The van der Waals surface area contributed by atoms with Gasteiger partial charge >= 0.3 is 0 Å². The summed E-state index contributed by atoms with van der Waals surface area (Å²) in [5, 5.41) is 2.99. The molecule has 1 heterocycles. The van der Waals surface area contributed by atoms with Crippen molar-refractivity contribution < 1.29 is 14.3 Å². The first-order chi connectivity index (χ1) is 10.2. The van der Waals surface area contributed by atoms with Crippen molar-refractivity contribution in [2.75, 3.05) is 13.2 Å². The number of amides is 1. The number of hydrogen-bond acceptors (Lipinski definition) is 3. The number of rotatable bonds is 7. The number of carbonyl (C=O) groups excluding carboxylic acids is 1. The molecule has 4 heteroatoms. The molecule has 1 amide bonds. The second kappa shape index (κ2) is 8.03. The van der Waals surface area contributed by atoms with Crippen LogP contribution in [0.4, 0.5) is 0 Å². The number of nitrogens with one attached hydrogen (secondary N) is 1. The van der Waals surface area contributed by atoms with Crippen LogP contribution in [-0.4, -0.2) is 31.3 Å². The molecule has 1 fully saturated rings. The second-order valence-electron chi connectivity index (χ2n) is 5.63. The van der Waals surface area contributed by atoms with Gasteiger partial charge in [0.05, 0.1) is 6.10 Å². The fourth-order valence-corrected chi connectivity index (χ4v) is 2.48. The van der Waals surface area contributed by atoms with Crippen LogP contribution < -0.4 is 10.1 Å². The molecule has 116 valence electrons. The highest BCUT2D eigenvalue weighted by Gasteiger charge is 2.16. The van der Waals surface area contributed by atoms with Crippen LogP contribution >= 0.6 is 0 Å². The van der Waals surface area contributed by atoms with E-state index in [1.54, 1.807) is 12.1 Å². The van der Waals surface area contributed by atoms with Crippen LogP contribution in [0.3, 0.4) is 0 Å². The summed E-state index contributed by atoms with van der Waals surface area (Å²) < 4.78 is 11.2. The van der Waals surface area contributed by atoms with Gasteiger partial charge in [0, 0.05) is 18.2 Å². The van der Waals surface area contributed by atoms with E-state index < -0.39 is 0 Å². The fraction of sp³-hybridized carbons (Fsp3) is 0.588. The summed E-state index contributed by atoms with van der Waals surface area (Å²) in [5.41, 5.74) is 0.669. The zero-order valence-corrected chi connectivity index (χ0v) is 12.9. The third kappa shape index (κ3) is 5.05. The van der Waals surface area contributed by atoms with Crippen molar-refractivity contribution in [1.29, 1.82) is 0 Å². The number of benzene rings is 1. The van der Waals surface area contributed by atoms with Crippen molar-refractivity contribution >= 4 is 5.91 Å². The lowest BCUT2D eigenvalue weighted by atomic mass is 10.1. The lowest BCUT2D eigenvalue weighted by molar-refractivity contribution is 0.0679. The zero-order chi connectivity index (χ0) is 15.1. The lowest BCUT2D eigenvalue weighted by Crippen LogP contribution is -2.32. The number of ether oxygens (including phenoxy) is 2. The van der Waals surface area contributed by atoms with Crippen LogP contribution in [0.25, 0.3) is 0 Å². The van der Waals surface area contributed by atoms with Crippen molar-refractivity contribution in [2.24, 2.45) is 0 Å². The van der Waals surface area contributed by atoms with Gasteiger partial charge < -0.3 is 14.8 Å². The van der Waals surface area contributed by atoms with Gasteiger partial charge in [0.1, 0.15) is 12.4 Å². The predicted molar refractivity (Wildman–Crippen MR) is 82.7 cm³/mol. The van der Waals surface area contributed by atoms with Gasteiger partial charge in [-0.1, -0.05) is 13.3 Å². The topological polar surface area (TPSA) is 47.6 Å². The van der Waals surface area contributed by atoms with Crippen LogP contribution in [0.2, 0.25) is 0 Å². The molecule has 1 aliphatic rings. The third-order valence-corrected chi connectivity index (χ3v) is 3.68. The number of hydrogen-bond donors (Lipinski definition) is 1. The minimum absolute atomic E-state index is 0.0263. The minimum Gasteiger partial charge on any atom is -0.491 e. The molecule has 4 nitrogen and oxygen atoms in total. The maximum absolute atomic E-state index is 12.0. The molecule has 0 aliphatic carbocycles. The quantitative estimate of drug-likeness (QED) is 0.839. The average molecular weight is 291 g/mol. The van der Waals surface area contributed by atoms with E-state index in [9.17, 15) is 4.79 Å². The van der Waals surface area contributed by atoms with Crippen LogP contribution in [0, 0.1) is 0 Å². The highest BCUT2D eigenvalue weighted by Crippen LogP contribution is 2.16. The lowest BCUT2D eigenvalue weighted by Gasteiger charge is -2.14. The molecule has 0 spiro atoms. The Morgan fingerprint density at radius 2 is 2.19 bits per heavy atom. The van der Waals surface area contributed by atoms with E-state index in [-0.39, 0.29) is 18.1 Å². The minimum atomic E-state index is -0.0263. The summed E-state index contributed by atoms with van der Waals surface area (Å²) in [6.45, 7) is 5.56. The van der Waals surface area contributed by atoms with Gasteiger partial charge in [-0.3, -0.25) is 4.79 Å². The van der Waals surface area contributed by atoms with Gasteiger partial charge in [0.15, 0.2) is 0 Å². The predicted octanol–water partition coefficient (Wildman–Crippen LogP) is 3.16. The molecule has 1 aliphatic heterocycles. The SMILES string of the molecule is CCC[C@@H](C)NC(=O)c1ccc(OC[C@@H]2CCCO2)cc1. The monoisotopic (exact) mass is 291 g/mol. The van der Waals surface area contributed by atoms with Crippen LogP contribution in [0.5, 0.6) is 5.75 Å². The molecule has 1 N–H and O–H groups in total. The van der Waals surface area contributed by atoms with Crippen LogP contribution in [0.15, 0.2) is 24.3 Å². The molecule has 1 aromatic carbocycles. The van der Waals surface area contributed by atoms with Gasteiger partial charge in [0.2, 0.25) is 0 Å². The van der Waals surface area contributed by atoms with Crippen molar-refractivity contribution in [3.8, 4) is 5.75 Å². The Balaban J connectivity index is 1.81. The fourth-order valence-electron chi connectivity index (χ4n) is 2.48. The molecule has 2 rings (SSSR count). The largest absolute Gasteiger partial charge is 0.491 e. The molecule has 1 aromatic rings. The molecule has 0 radical (unpaired) electrons. The van der Waals surface area contributed by atoms with Gasteiger partial charge in [0.25, 0.3) is 5.91 Å². The molecule has 0 bridgehead atoms. The Kier molecular flexibility index (Phi) is 6.05. The molecule has 21 heavy (non-hydrogen) atoms. The highest BCUT2D eigenvalue weighted by molar-refractivity contribution is 5.94. The zero-order valence-electron chi connectivity index (χ0n) is 12.9. The average Bonchev–Trinajstić information content (AvgIpc) is 2.99. The Morgan fingerprint density at radius 1 is 1.43 bits per heavy atom. The Morgan fingerprint density at radius 3 is 2.81 bits per heavy atom. The normalized spacial score (nSPS) is 19.2. The van der Waals surface area contributed by atoms with Crippen LogP contribution in [-0.2, 0) is 4.74 Å². The first-order valence-electron chi connectivity index (χ1n) is 7.84. The molecule has 0 aromatic heterocycles. The second-order valence-corrected chi connectivity index (χ2v) is 5.63. The highest BCUT2D eigenvalue weighted by atomic mass is 16.5. The molecular weight excluding hydrogens is 266 g/mol. The summed E-state index contributed by atoms with van der Waals surface area (Å²) in [6.07, 6.45) is 4.45. The first kappa shape index (κ1) is 15.8. The standard InChI is InChI=1S/C17H25NO3/c1-3-5-13(2)18-17(19)14-7-9-15(10-8-14)21-12-16-6-4-11-20-16/h7-10,13,16H,3-6,11-12H2,1-2H3,(H,18,19)/t13-,16+/m1/s1. The maximum Gasteiger partial charge on any atom is 0.251 e. The smallest absolute Gasteiger partial charge is 0.251 e.